The van der Waals surface area contributed by atoms with E-state index in [0.717, 1.165) is 51.4 Å². The van der Waals surface area contributed by atoms with Crippen molar-refractivity contribution in [3.05, 3.63) is 24.3 Å². The lowest BCUT2D eigenvalue weighted by Gasteiger charge is -2.24. The number of ether oxygens (including phenoxy) is 2. The smallest absolute Gasteiger partial charge is 0.462 e. The van der Waals surface area contributed by atoms with Gasteiger partial charge in [-0.25, -0.2) is 4.57 Å². The molecule has 0 rings (SSSR count). The average molecular weight is 801 g/mol. The Morgan fingerprint density at radius 2 is 0.982 bits per heavy atom. The minimum Gasteiger partial charge on any atom is -0.462 e. The van der Waals surface area contributed by atoms with Gasteiger partial charge in [0.1, 0.15) is 19.8 Å². The van der Waals surface area contributed by atoms with E-state index < -0.39 is 26.5 Å². The Morgan fingerprint density at radius 3 is 1.47 bits per heavy atom. The SMILES string of the molecule is CCCCC/C=C\C/C=C\CCCCCCCCCC(=O)O[C@H](COC(=O)CCCCCCCCCCCCCCCC)COP(=O)(O)OCC[N+](C)(C)C. The number of phosphoric ester groups is 1. The Hall–Kier alpha value is -1.51. The van der Waals surface area contributed by atoms with Crippen LogP contribution in [0.2, 0.25) is 0 Å². The molecule has 0 aliphatic rings. The molecule has 0 heterocycles. The van der Waals surface area contributed by atoms with Crippen LogP contribution in [-0.2, 0) is 32.7 Å². The van der Waals surface area contributed by atoms with E-state index in [9.17, 15) is 19.0 Å². The zero-order chi connectivity index (χ0) is 40.7. The van der Waals surface area contributed by atoms with Crippen LogP contribution in [0.25, 0.3) is 0 Å². The molecule has 0 aromatic rings. The van der Waals surface area contributed by atoms with Gasteiger partial charge in [0.05, 0.1) is 27.7 Å². The fraction of sp³-hybridized carbons (Fsp3) is 0.867. The van der Waals surface area contributed by atoms with Crippen molar-refractivity contribution in [2.45, 2.75) is 206 Å². The molecule has 0 amide bonds. The summed E-state index contributed by atoms with van der Waals surface area (Å²) < 4.78 is 34.3. The Labute approximate surface area is 339 Å². The van der Waals surface area contributed by atoms with E-state index in [1.165, 1.54) is 116 Å². The molecule has 1 N–H and O–H groups in total. The molecule has 2 atom stereocenters. The molecule has 0 bridgehead atoms. The minimum atomic E-state index is -4.37. The molecule has 0 aliphatic carbocycles. The number of esters is 2. The summed E-state index contributed by atoms with van der Waals surface area (Å²) in [5, 5.41) is 0. The third-order valence-electron chi connectivity index (χ3n) is 9.73. The average Bonchev–Trinajstić information content (AvgIpc) is 3.13. The van der Waals surface area contributed by atoms with Crippen LogP contribution in [0.15, 0.2) is 24.3 Å². The maximum atomic E-state index is 12.7. The second-order valence-electron chi connectivity index (χ2n) is 16.4. The highest BCUT2D eigenvalue weighted by molar-refractivity contribution is 7.47. The topological polar surface area (TPSA) is 108 Å². The van der Waals surface area contributed by atoms with Crippen molar-refractivity contribution in [2.75, 3.05) is 47.5 Å². The highest BCUT2D eigenvalue weighted by Crippen LogP contribution is 2.43. The van der Waals surface area contributed by atoms with E-state index in [4.69, 9.17) is 18.5 Å². The van der Waals surface area contributed by atoms with Crippen LogP contribution in [-0.4, -0.2) is 74.9 Å². The summed E-state index contributed by atoms with van der Waals surface area (Å²) in [6.45, 7) is 4.40. The highest BCUT2D eigenvalue weighted by atomic mass is 31.2. The number of rotatable bonds is 41. The first-order valence-electron chi connectivity index (χ1n) is 22.6. The molecular formula is C45H87NO8P+. The fourth-order valence-corrected chi connectivity index (χ4v) is 6.90. The summed E-state index contributed by atoms with van der Waals surface area (Å²) in [5.41, 5.74) is 0. The monoisotopic (exact) mass is 801 g/mol. The molecule has 0 aromatic heterocycles. The summed E-state index contributed by atoms with van der Waals surface area (Å²) in [5.74, 6) is -0.800. The first-order chi connectivity index (χ1) is 26.5. The van der Waals surface area contributed by atoms with E-state index in [1.54, 1.807) is 0 Å². The lowest BCUT2D eigenvalue weighted by molar-refractivity contribution is -0.870. The van der Waals surface area contributed by atoms with Crippen molar-refractivity contribution in [3.63, 3.8) is 0 Å². The normalized spacial score (nSPS) is 13.8. The standard InChI is InChI=1S/C45H86NO8P/c1-6-8-10-12-14-16-18-20-22-23-24-26-28-30-32-34-36-38-45(48)54-43(42-53-55(49,50)52-40-39-46(3,4)5)41-51-44(47)37-35-33-31-29-27-25-21-19-17-15-13-11-9-7-2/h14,16,20,22,43H,6-13,15,17-19,21,23-42H2,1-5H3/p+1/b16-14-,22-20-/t43-/m1/s1. The molecule has 324 valence electrons. The quantitative estimate of drug-likeness (QED) is 0.0214. The molecule has 1 unspecified atom stereocenters. The van der Waals surface area contributed by atoms with Crippen molar-refractivity contribution >= 4 is 19.8 Å². The first kappa shape index (κ1) is 53.5. The molecule has 0 aliphatic heterocycles. The second kappa shape index (κ2) is 38.0. The zero-order valence-electron chi connectivity index (χ0n) is 36.4. The first-order valence-corrected chi connectivity index (χ1v) is 24.1. The number of hydrogen-bond donors (Lipinski definition) is 1. The molecule has 0 saturated carbocycles. The molecule has 0 aromatic carbocycles. The predicted octanol–water partition coefficient (Wildman–Crippen LogP) is 12.7. The van der Waals surface area contributed by atoms with Crippen molar-refractivity contribution in [3.8, 4) is 0 Å². The van der Waals surface area contributed by atoms with Gasteiger partial charge in [-0.3, -0.25) is 18.6 Å². The second-order valence-corrected chi connectivity index (χ2v) is 17.9. The number of phosphoric acid groups is 1. The summed E-state index contributed by atoms with van der Waals surface area (Å²) in [4.78, 5) is 35.4. The lowest BCUT2D eigenvalue weighted by Crippen LogP contribution is -2.37. The van der Waals surface area contributed by atoms with Crippen LogP contribution in [0.4, 0.5) is 0 Å². The van der Waals surface area contributed by atoms with Crippen molar-refractivity contribution in [1.29, 1.82) is 0 Å². The zero-order valence-corrected chi connectivity index (χ0v) is 37.3. The van der Waals surface area contributed by atoms with Crippen LogP contribution < -0.4 is 0 Å². The number of carbonyl (C=O) groups is 2. The van der Waals surface area contributed by atoms with Gasteiger partial charge in [-0.05, 0) is 44.9 Å². The molecule has 0 saturated heterocycles. The van der Waals surface area contributed by atoms with E-state index in [0.29, 0.717) is 23.9 Å². The number of hydrogen-bond acceptors (Lipinski definition) is 7. The van der Waals surface area contributed by atoms with Gasteiger partial charge in [0.15, 0.2) is 6.10 Å². The van der Waals surface area contributed by atoms with Crippen LogP contribution >= 0.6 is 7.82 Å². The molecule has 0 fully saturated rings. The Kier molecular flexibility index (Phi) is 37.0. The van der Waals surface area contributed by atoms with Gasteiger partial charge in [-0.1, -0.05) is 167 Å². The van der Waals surface area contributed by atoms with E-state index in [-0.39, 0.29) is 25.6 Å². The fourth-order valence-electron chi connectivity index (χ4n) is 6.16. The van der Waals surface area contributed by atoms with Gasteiger partial charge in [0.25, 0.3) is 0 Å². The van der Waals surface area contributed by atoms with Crippen LogP contribution in [0.1, 0.15) is 200 Å². The summed E-state index contributed by atoms with van der Waals surface area (Å²) in [7, 11) is 1.48. The van der Waals surface area contributed by atoms with Gasteiger partial charge in [-0.15, -0.1) is 0 Å². The number of allylic oxidation sites excluding steroid dienone is 4. The Balaban J connectivity index is 4.34. The molecule has 10 heteroatoms. The molecule has 9 nitrogen and oxygen atoms in total. The van der Waals surface area contributed by atoms with Gasteiger partial charge >= 0.3 is 19.8 Å². The van der Waals surface area contributed by atoms with Crippen LogP contribution in [0.3, 0.4) is 0 Å². The maximum Gasteiger partial charge on any atom is 0.472 e. The summed E-state index contributed by atoms with van der Waals surface area (Å²) in [6, 6.07) is 0. The van der Waals surface area contributed by atoms with E-state index in [1.807, 2.05) is 21.1 Å². The van der Waals surface area contributed by atoms with Gasteiger partial charge in [0.2, 0.25) is 0 Å². The summed E-state index contributed by atoms with van der Waals surface area (Å²) in [6.07, 6.45) is 40.7. The molecule has 0 spiro atoms. The number of carbonyl (C=O) groups excluding carboxylic acids is 2. The maximum absolute atomic E-state index is 12.7. The van der Waals surface area contributed by atoms with E-state index in [2.05, 4.69) is 38.2 Å². The molecule has 0 radical (unpaired) electrons. The number of quaternary nitrogens is 1. The van der Waals surface area contributed by atoms with Crippen LogP contribution in [0.5, 0.6) is 0 Å². The third-order valence-corrected chi connectivity index (χ3v) is 10.7. The number of likely N-dealkylation sites (N-methyl/N-ethyl adjacent to an activating group) is 1. The molecular weight excluding hydrogens is 713 g/mol. The van der Waals surface area contributed by atoms with Crippen LogP contribution in [0, 0.1) is 0 Å². The largest absolute Gasteiger partial charge is 0.472 e. The van der Waals surface area contributed by atoms with Gasteiger partial charge < -0.3 is 18.9 Å². The number of unbranched alkanes of at least 4 members (excludes halogenated alkanes) is 23. The van der Waals surface area contributed by atoms with Crippen molar-refractivity contribution in [2.24, 2.45) is 0 Å². The Morgan fingerprint density at radius 1 is 0.564 bits per heavy atom. The lowest BCUT2D eigenvalue weighted by atomic mass is 10.0. The van der Waals surface area contributed by atoms with Crippen molar-refractivity contribution < 1.29 is 42.1 Å². The highest BCUT2D eigenvalue weighted by Gasteiger charge is 2.27. The minimum absolute atomic E-state index is 0.0318. The molecule has 55 heavy (non-hydrogen) atoms. The van der Waals surface area contributed by atoms with Crippen molar-refractivity contribution in [1.82, 2.24) is 0 Å². The van der Waals surface area contributed by atoms with Gasteiger partial charge in [0, 0.05) is 12.8 Å². The predicted molar refractivity (Wildman–Crippen MR) is 229 cm³/mol. The number of nitrogens with zero attached hydrogens (tertiary/aromatic N) is 1. The van der Waals surface area contributed by atoms with E-state index >= 15 is 0 Å². The third kappa shape index (κ3) is 41.9. The summed E-state index contributed by atoms with van der Waals surface area (Å²) >= 11 is 0. The Bertz CT molecular complexity index is 996. The van der Waals surface area contributed by atoms with Gasteiger partial charge in [-0.2, -0.15) is 0 Å².